The summed E-state index contributed by atoms with van der Waals surface area (Å²) in [7, 11) is 0.772. The number of nitrogens with one attached hydrogen (secondary N) is 1. The molecule has 0 radical (unpaired) electrons. The van der Waals surface area contributed by atoms with Crippen molar-refractivity contribution in [3.05, 3.63) is 29.8 Å². The first-order chi connectivity index (χ1) is 9.04. The quantitative estimate of drug-likeness (QED) is 0.895. The van der Waals surface area contributed by atoms with Gasteiger partial charge in [-0.2, -0.15) is 0 Å². The second-order valence-electron chi connectivity index (χ2n) is 5.12. The summed E-state index contributed by atoms with van der Waals surface area (Å²) in [6.45, 7) is 0. The minimum absolute atomic E-state index is 0.198. The second-order valence-corrected chi connectivity index (χ2v) is 7.35. The zero-order valence-corrected chi connectivity index (χ0v) is 12.2. The molecule has 4 nitrogen and oxygen atoms in total. The normalized spacial score (nSPS) is 23.2. The Hall–Kier alpha value is -1.07. The molecule has 5 heteroatoms. The Kier molecular flexibility index (Phi) is 4.47. The van der Waals surface area contributed by atoms with Crippen LogP contribution in [0.25, 0.3) is 0 Å². The van der Waals surface area contributed by atoms with E-state index in [2.05, 4.69) is 5.32 Å². The van der Waals surface area contributed by atoms with E-state index in [0.29, 0.717) is 11.5 Å². The van der Waals surface area contributed by atoms with Crippen molar-refractivity contribution >= 4 is 9.84 Å². The molecule has 2 unspecified atom stereocenters. The molecule has 0 bridgehead atoms. The molecule has 1 heterocycles. The Morgan fingerprint density at radius 1 is 1.37 bits per heavy atom. The maximum atomic E-state index is 11.5. The number of hydrogen-bond donors (Lipinski definition) is 1. The molecule has 0 spiro atoms. The van der Waals surface area contributed by atoms with Crippen LogP contribution in [0.4, 0.5) is 0 Å². The van der Waals surface area contributed by atoms with E-state index in [9.17, 15) is 8.42 Å². The number of hydrogen-bond acceptors (Lipinski definition) is 4. The second kappa shape index (κ2) is 5.92. The molecule has 106 valence electrons. The third-order valence-corrected chi connectivity index (χ3v) is 5.60. The van der Waals surface area contributed by atoms with E-state index in [-0.39, 0.29) is 12.0 Å². The highest BCUT2D eigenvalue weighted by atomic mass is 32.2. The van der Waals surface area contributed by atoms with Crippen molar-refractivity contribution in [3.63, 3.8) is 0 Å². The van der Waals surface area contributed by atoms with Crippen LogP contribution in [0.2, 0.25) is 0 Å². The first-order valence-electron chi connectivity index (χ1n) is 6.55. The van der Waals surface area contributed by atoms with Crippen molar-refractivity contribution in [2.24, 2.45) is 5.92 Å². The van der Waals surface area contributed by atoms with Crippen LogP contribution >= 0.6 is 0 Å². The van der Waals surface area contributed by atoms with Crippen molar-refractivity contribution in [1.82, 2.24) is 5.32 Å². The Morgan fingerprint density at radius 2 is 2.05 bits per heavy atom. The average Bonchev–Trinajstić information content (AvgIpc) is 2.75. The van der Waals surface area contributed by atoms with Crippen molar-refractivity contribution in [2.45, 2.75) is 18.9 Å². The molecule has 0 saturated carbocycles. The van der Waals surface area contributed by atoms with Crippen molar-refractivity contribution < 1.29 is 13.2 Å². The fraction of sp³-hybridized carbons (Fsp3) is 0.571. The molecule has 1 fully saturated rings. The van der Waals surface area contributed by atoms with Crippen LogP contribution < -0.4 is 10.1 Å². The largest absolute Gasteiger partial charge is 0.497 e. The first-order valence-corrected chi connectivity index (χ1v) is 8.38. The van der Waals surface area contributed by atoms with E-state index in [4.69, 9.17) is 4.74 Å². The van der Waals surface area contributed by atoms with Crippen molar-refractivity contribution in [1.29, 1.82) is 0 Å². The Balaban J connectivity index is 2.03. The monoisotopic (exact) mass is 283 g/mol. The summed E-state index contributed by atoms with van der Waals surface area (Å²) in [5, 5.41) is 3.27. The molecule has 1 saturated heterocycles. The molecule has 1 aromatic carbocycles. The predicted octanol–water partition coefficient (Wildman–Crippen LogP) is 1.78. The standard InChI is InChI=1S/C14H21NO3S/c1-15-14(9-11-7-8-19(16,17)10-11)12-3-5-13(18-2)6-4-12/h3-6,11,14-15H,7-10H2,1-2H3. The van der Waals surface area contributed by atoms with Crippen LogP contribution in [0.1, 0.15) is 24.4 Å². The fourth-order valence-electron chi connectivity index (χ4n) is 2.65. The zero-order chi connectivity index (χ0) is 13.9. The molecular weight excluding hydrogens is 262 g/mol. The molecule has 1 aliphatic rings. The number of sulfone groups is 1. The summed E-state index contributed by atoms with van der Waals surface area (Å²) in [5.74, 6) is 1.78. The molecule has 2 rings (SSSR count). The summed E-state index contributed by atoms with van der Waals surface area (Å²) >= 11 is 0. The molecular formula is C14H21NO3S. The molecule has 0 aromatic heterocycles. The number of rotatable bonds is 5. The minimum Gasteiger partial charge on any atom is -0.497 e. The van der Waals surface area contributed by atoms with Gasteiger partial charge < -0.3 is 10.1 Å². The van der Waals surface area contributed by atoms with Gasteiger partial charge in [-0.3, -0.25) is 0 Å². The van der Waals surface area contributed by atoms with E-state index in [0.717, 1.165) is 18.6 Å². The summed E-state index contributed by atoms with van der Waals surface area (Å²) in [4.78, 5) is 0. The van der Waals surface area contributed by atoms with Crippen LogP contribution in [0.5, 0.6) is 5.75 Å². The van der Waals surface area contributed by atoms with Gasteiger partial charge in [-0.25, -0.2) is 8.42 Å². The van der Waals surface area contributed by atoms with Crippen molar-refractivity contribution in [2.75, 3.05) is 25.7 Å². The van der Waals surface area contributed by atoms with Gasteiger partial charge in [0, 0.05) is 6.04 Å². The molecule has 0 aliphatic carbocycles. The van der Waals surface area contributed by atoms with E-state index in [1.807, 2.05) is 31.3 Å². The van der Waals surface area contributed by atoms with E-state index >= 15 is 0 Å². The maximum Gasteiger partial charge on any atom is 0.150 e. The SMILES string of the molecule is CNC(CC1CCS(=O)(=O)C1)c1ccc(OC)cc1. The lowest BCUT2D eigenvalue weighted by atomic mass is 9.94. The smallest absolute Gasteiger partial charge is 0.150 e. The van der Waals surface area contributed by atoms with Gasteiger partial charge in [0.2, 0.25) is 0 Å². The van der Waals surface area contributed by atoms with Gasteiger partial charge in [-0.05, 0) is 43.5 Å². The fourth-order valence-corrected chi connectivity index (χ4v) is 4.53. The third-order valence-electron chi connectivity index (χ3n) is 3.76. The lowest BCUT2D eigenvalue weighted by Crippen LogP contribution is -2.20. The van der Waals surface area contributed by atoms with Gasteiger partial charge in [-0.1, -0.05) is 12.1 Å². The van der Waals surface area contributed by atoms with Crippen LogP contribution in [0, 0.1) is 5.92 Å². The maximum absolute atomic E-state index is 11.5. The van der Waals surface area contributed by atoms with Gasteiger partial charge in [0.05, 0.1) is 18.6 Å². The van der Waals surface area contributed by atoms with Crippen LogP contribution in [-0.2, 0) is 9.84 Å². The van der Waals surface area contributed by atoms with Gasteiger partial charge in [0.25, 0.3) is 0 Å². The number of ether oxygens (including phenoxy) is 1. The lowest BCUT2D eigenvalue weighted by molar-refractivity contribution is 0.412. The van der Waals surface area contributed by atoms with Gasteiger partial charge >= 0.3 is 0 Å². The van der Waals surface area contributed by atoms with Crippen molar-refractivity contribution in [3.8, 4) is 5.75 Å². The summed E-state index contributed by atoms with van der Waals surface area (Å²) in [6, 6.07) is 8.13. The first kappa shape index (κ1) is 14.3. The summed E-state index contributed by atoms with van der Waals surface area (Å²) in [5.41, 5.74) is 1.17. The predicted molar refractivity (Wildman–Crippen MR) is 76.2 cm³/mol. The van der Waals surface area contributed by atoms with Gasteiger partial charge in [-0.15, -0.1) is 0 Å². The van der Waals surface area contributed by atoms with Gasteiger partial charge in [0.1, 0.15) is 5.75 Å². The molecule has 0 amide bonds. The average molecular weight is 283 g/mol. The topological polar surface area (TPSA) is 55.4 Å². The molecule has 1 N–H and O–H groups in total. The highest BCUT2D eigenvalue weighted by Crippen LogP contribution is 2.29. The Morgan fingerprint density at radius 3 is 2.53 bits per heavy atom. The van der Waals surface area contributed by atoms with E-state index in [1.54, 1.807) is 7.11 Å². The molecule has 2 atom stereocenters. The minimum atomic E-state index is -2.79. The Bertz CT molecular complexity index is 510. The zero-order valence-electron chi connectivity index (χ0n) is 11.4. The third kappa shape index (κ3) is 3.70. The van der Waals surface area contributed by atoms with E-state index in [1.165, 1.54) is 5.56 Å². The molecule has 1 aliphatic heterocycles. The number of methoxy groups -OCH3 is 1. The highest BCUT2D eigenvalue weighted by molar-refractivity contribution is 7.91. The Labute approximate surface area is 115 Å². The highest BCUT2D eigenvalue weighted by Gasteiger charge is 2.29. The summed E-state index contributed by atoms with van der Waals surface area (Å²) in [6.07, 6.45) is 1.65. The van der Waals surface area contributed by atoms with E-state index < -0.39 is 9.84 Å². The lowest BCUT2D eigenvalue weighted by Gasteiger charge is -2.20. The molecule has 19 heavy (non-hydrogen) atoms. The van der Waals surface area contributed by atoms with Crippen LogP contribution in [0.3, 0.4) is 0 Å². The van der Waals surface area contributed by atoms with Crippen LogP contribution in [-0.4, -0.2) is 34.1 Å². The van der Waals surface area contributed by atoms with Crippen LogP contribution in [0.15, 0.2) is 24.3 Å². The van der Waals surface area contributed by atoms with Gasteiger partial charge in [0.15, 0.2) is 9.84 Å². The molecule has 1 aromatic rings. The summed E-state index contributed by atoms with van der Waals surface area (Å²) < 4.78 is 28.1. The number of benzene rings is 1.